The summed E-state index contributed by atoms with van der Waals surface area (Å²) >= 11 is 7.18. The van der Waals surface area contributed by atoms with Gasteiger partial charge in [-0.1, -0.05) is 13.8 Å². The topological polar surface area (TPSA) is 33.4 Å². The van der Waals surface area contributed by atoms with Crippen LogP contribution in [0.1, 0.15) is 25.7 Å². The Hall–Kier alpha value is 0.420. The third-order valence-electron chi connectivity index (χ3n) is 2.84. The summed E-state index contributed by atoms with van der Waals surface area (Å²) in [6.45, 7) is 4.46. The van der Waals surface area contributed by atoms with Crippen molar-refractivity contribution in [3.05, 3.63) is 22.6 Å². The van der Waals surface area contributed by atoms with Gasteiger partial charge in [0.1, 0.15) is 11.9 Å². The lowest BCUT2D eigenvalue weighted by Gasteiger charge is -2.33. The van der Waals surface area contributed by atoms with E-state index in [2.05, 4.69) is 29.8 Å². The van der Waals surface area contributed by atoms with Crippen LogP contribution in [-0.4, -0.2) is 26.6 Å². The largest absolute Gasteiger partial charge is 0.465 e. The van der Waals surface area contributed by atoms with Crippen LogP contribution in [0.15, 0.2) is 21.2 Å². The summed E-state index contributed by atoms with van der Waals surface area (Å²) in [7, 11) is 0. The van der Waals surface area contributed by atoms with Crippen LogP contribution >= 0.6 is 39.5 Å². The summed E-state index contributed by atoms with van der Waals surface area (Å²) in [5, 5.41) is 11.7. The van der Waals surface area contributed by atoms with Crippen molar-refractivity contribution < 1.29 is 9.52 Å². The van der Waals surface area contributed by atoms with Crippen molar-refractivity contribution in [3.8, 4) is 0 Å². The number of hydrogen-bond donors (Lipinski definition) is 1. The summed E-state index contributed by atoms with van der Waals surface area (Å²) in [5.41, 5.74) is 0. The van der Waals surface area contributed by atoms with E-state index < -0.39 is 6.10 Å². The van der Waals surface area contributed by atoms with Gasteiger partial charge in [0.05, 0.1) is 10.7 Å². The Labute approximate surface area is 113 Å². The molecule has 1 fully saturated rings. The normalized spacial score (nSPS) is 32.6. The molecule has 2 nitrogen and oxygen atoms in total. The molecule has 2 heterocycles. The van der Waals surface area contributed by atoms with Gasteiger partial charge in [0, 0.05) is 21.5 Å². The quantitative estimate of drug-likeness (QED) is 0.900. The second-order valence-corrected chi connectivity index (χ2v) is 7.88. The predicted octanol–water partition coefficient (Wildman–Crippen LogP) is 3.70. The molecule has 1 N–H and O–H groups in total. The highest BCUT2D eigenvalue weighted by atomic mass is 79.9. The van der Waals surface area contributed by atoms with Crippen LogP contribution in [0.25, 0.3) is 0 Å². The van der Waals surface area contributed by atoms with Crippen LogP contribution < -0.4 is 0 Å². The molecule has 0 saturated carbocycles. The number of furan rings is 1. The molecule has 0 aliphatic carbocycles. The molecule has 0 amide bonds. The van der Waals surface area contributed by atoms with Crippen LogP contribution in [0.2, 0.25) is 0 Å². The third-order valence-corrected chi connectivity index (χ3v) is 6.98. The van der Waals surface area contributed by atoms with E-state index in [1.54, 1.807) is 6.26 Å². The average Bonchev–Trinajstić information content (AvgIpc) is 2.67. The molecule has 16 heavy (non-hydrogen) atoms. The summed E-state index contributed by atoms with van der Waals surface area (Å²) < 4.78 is 6.18. The highest BCUT2D eigenvalue weighted by Crippen LogP contribution is 2.42. The number of rotatable bonds is 2. The maximum atomic E-state index is 10.3. The molecular formula is C11H15BrO2S2. The van der Waals surface area contributed by atoms with Crippen LogP contribution in [0.3, 0.4) is 0 Å². The molecule has 5 heteroatoms. The lowest BCUT2D eigenvalue weighted by atomic mass is 10.2. The van der Waals surface area contributed by atoms with Crippen LogP contribution in [0.4, 0.5) is 0 Å². The number of halogens is 1. The molecule has 4 unspecified atom stereocenters. The van der Waals surface area contributed by atoms with Gasteiger partial charge in [0.25, 0.3) is 0 Å². The van der Waals surface area contributed by atoms with Crippen LogP contribution in [0, 0.1) is 0 Å². The number of thioether (sulfide) groups is 2. The molecule has 1 aliphatic rings. The monoisotopic (exact) mass is 322 g/mol. The molecule has 1 aromatic rings. The molecule has 0 aromatic carbocycles. The van der Waals surface area contributed by atoms with E-state index in [4.69, 9.17) is 4.42 Å². The van der Waals surface area contributed by atoms with Gasteiger partial charge in [0.2, 0.25) is 0 Å². The lowest BCUT2D eigenvalue weighted by molar-refractivity contribution is 0.151. The molecule has 0 radical (unpaired) electrons. The second kappa shape index (κ2) is 5.38. The van der Waals surface area contributed by atoms with Crippen molar-refractivity contribution >= 4 is 39.5 Å². The van der Waals surface area contributed by atoms with Crippen molar-refractivity contribution in [3.63, 3.8) is 0 Å². The van der Waals surface area contributed by atoms with Gasteiger partial charge < -0.3 is 9.52 Å². The smallest absolute Gasteiger partial charge is 0.147 e. The Bertz CT molecular complexity index is 356. The van der Waals surface area contributed by atoms with Crippen molar-refractivity contribution in [2.75, 3.05) is 5.75 Å². The van der Waals surface area contributed by atoms with E-state index in [0.29, 0.717) is 16.3 Å². The van der Waals surface area contributed by atoms with Gasteiger partial charge in [-0.15, -0.1) is 0 Å². The molecule has 0 spiro atoms. The summed E-state index contributed by atoms with van der Waals surface area (Å²) in [4.78, 5) is 0. The molecule has 0 bridgehead atoms. The fourth-order valence-corrected chi connectivity index (χ4v) is 5.06. The fourth-order valence-electron chi connectivity index (χ4n) is 1.66. The minimum absolute atomic E-state index is 0.221. The summed E-state index contributed by atoms with van der Waals surface area (Å²) in [6.07, 6.45) is 1.09. The molecule has 1 aliphatic heterocycles. The Morgan fingerprint density at radius 2 is 2.25 bits per heavy atom. The van der Waals surface area contributed by atoms with Gasteiger partial charge in [-0.3, -0.25) is 0 Å². The standard InChI is InChI=1S/C11H15BrO2S2/c1-6-7(2)16-9(5-15-6)10(13)11-8(12)3-4-14-11/h3-4,6-7,9-10,13H,5H2,1-2H3. The van der Waals surface area contributed by atoms with E-state index in [-0.39, 0.29) is 5.25 Å². The van der Waals surface area contributed by atoms with Gasteiger partial charge in [-0.25, -0.2) is 0 Å². The number of aliphatic hydroxyl groups is 1. The third kappa shape index (κ3) is 2.63. The van der Waals surface area contributed by atoms with Crippen LogP contribution in [0.5, 0.6) is 0 Å². The van der Waals surface area contributed by atoms with E-state index in [1.807, 2.05) is 29.6 Å². The van der Waals surface area contributed by atoms with Crippen molar-refractivity contribution in [2.45, 2.75) is 35.7 Å². The minimum Gasteiger partial charge on any atom is -0.465 e. The Kier molecular flexibility index (Phi) is 4.32. The Morgan fingerprint density at radius 1 is 1.50 bits per heavy atom. The fraction of sp³-hybridized carbons (Fsp3) is 0.636. The maximum absolute atomic E-state index is 10.3. The predicted molar refractivity (Wildman–Crippen MR) is 74.1 cm³/mol. The Morgan fingerprint density at radius 3 is 2.81 bits per heavy atom. The van der Waals surface area contributed by atoms with Crippen molar-refractivity contribution in [1.82, 2.24) is 0 Å². The molecule has 1 saturated heterocycles. The first kappa shape index (κ1) is 12.9. The zero-order valence-electron chi connectivity index (χ0n) is 9.22. The molecule has 2 rings (SSSR count). The van der Waals surface area contributed by atoms with E-state index in [0.717, 1.165) is 10.2 Å². The highest BCUT2D eigenvalue weighted by Gasteiger charge is 2.33. The van der Waals surface area contributed by atoms with E-state index in [9.17, 15) is 5.11 Å². The molecule has 90 valence electrons. The van der Waals surface area contributed by atoms with E-state index in [1.165, 1.54) is 0 Å². The summed E-state index contributed by atoms with van der Waals surface area (Å²) in [5.74, 6) is 1.63. The highest BCUT2D eigenvalue weighted by molar-refractivity contribution is 9.10. The first-order valence-electron chi connectivity index (χ1n) is 5.27. The summed E-state index contributed by atoms with van der Waals surface area (Å²) in [6, 6.07) is 1.82. The SMILES string of the molecule is CC1SCC(C(O)c2occc2Br)SC1C. The zero-order valence-corrected chi connectivity index (χ0v) is 12.4. The second-order valence-electron chi connectivity index (χ2n) is 4.00. The van der Waals surface area contributed by atoms with Gasteiger partial charge in [0.15, 0.2) is 0 Å². The maximum Gasteiger partial charge on any atom is 0.147 e. The first-order valence-corrected chi connectivity index (χ1v) is 8.06. The van der Waals surface area contributed by atoms with Gasteiger partial charge in [-0.05, 0) is 22.0 Å². The molecule has 1 aromatic heterocycles. The average molecular weight is 323 g/mol. The van der Waals surface area contributed by atoms with Gasteiger partial charge in [-0.2, -0.15) is 23.5 Å². The zero-order chi connectivity index (χ0) is 11.7. The van der Waals surface area contributed by atoms with Crippen LogP contribution in [-0.2, 0) is 0 Å². The number of hydrogen-bond acceptors (Lipinski definition) is 4. The minimum atomic E-state index is -0.517. The Balaban J connectivity index is 2.06. The first-order chi connectivity index (χ1) is 7.59. The van der Waals surface area contributed by atoms with Gasteiger partial charge >= 0.3 is 0 Å². The van der Waals surface area contributed by atoms with Crippen molar-refractivity contribution in [1.29, 1.82) is 0 Å². The molecular weight excluding hydrogens is 308 g/mol. The van der Waals surface area contributed by atoms with E-state index >= 15 is 0 Å². The number of aliphatic hydroxyl groups excluding tert-OH is 1. The lowest BCUT2D eigenvalue weighted by Crippen LogP contribution is -2.30. The molecule has 4 atom stereocenters. The van der Waals surface area contributed by atoms with Crippen molar-refractivity contribution in [2.24, 2.45) is 0 Å².